The first-order chi connectivity index (χ1) is 4.75. The molecule has 1 rings (SSSR count). The van der Waals surface area contributed by atoms with Gasteiger partial charge >= 0.3 is 0 Å². The van der Waals surface area contributed by atoms with Gasteiger partial charge in [-0.05, 0) is 25.8 Å². The Bertz CT molecular complexity index is 170. The van der Waals surface area contributed by atoms with Crippen LogP contribution >= 0.6 is 0 Å². The van der Waals surface area contributed by atoms with Gasteiger partial charge in [0, 0.05) is 0 Å². The van der Waals surface area contributed by atoms with Crippen molar-refractivity contribution in [1.82, 2.24) is 0 Å². The number of ketones is 1. The van der Waals surface area contributed by atoms with Crippen LogP contribution < -0.4 is 0 Å². The molecule has 0 aliphatic heterocycles. The van der Waals surface area contributed by atoms with Gasteiger partial charge in [0.1, 0.15) is 11.5 Å². The minimum Gasteiger partial charge on any atom is -0.501 e. The summed E-state index contributed by atoms with van der Waals surface area (Å²) in [5.74, 6) is 1.11. The summed E-state index contributed by atoms with van der Waals surface area (Å²) in [6.45, 7) is 1.61. The molecule has 0 N–H and O–H groups in total. The second kappa shape index (κ2) is 2.86. The van der Waals surface area contributed by atoms with E-state index in [1.807, 2.05) is 6.08 Å². The van der Waals surface area contributed by atoms with Crippen LogP contribution in [0.2, 0.25) is 0 Å². The zero-order chi connectivity index (χ0) is 7.56. The van der Waals surface area contributed by atoms with Gasteiger partial charge in [0.05, 0.1) is 13.0 Å². The van der Waals surface area contributed by atoms with E-state index in [1.54, 1.807) is 14.0 Å². The fourth-order valence-corrected chi connectivity index (χ4v) is 1.31. The maximum absolute atomic E-state index is 10.9. The second-order valence-electron chi connectivity index (χ2n) is 2.55. The molecule has 0 aromatic carbocycles. The first kappa shape index (κ1) is 7.32. The summed E-state index contributed by atoms with van der Waals surface area (Å²) in [6.07, 6.45) is 3.90. The monoisotopic (exact) mass is 140 g/mol. The lowest BCUT2D eigenvalue weighted by molar-refractivity contribution is -0.120. The Hall–Kier alpha value is -0.790. The van der Waals surface area contributed by atoms with Crippen molar-refractivity contribution < 1.29 is 9.53 Å². The molecule has 0 heterocycles. The van der Waals surface area contributed by atoms with Crippen LogP contribution in [0.5, 0.6) is 0 Å². The fourth-order valence-electron chi connectivity index (χ4n) is 1.31. The van der Waals surface area contributed by atoms with Crippen molar-refractivity contribution >= 4 is 5.78 Å². The standard InChI is InChI=1S/C8H12O2/c1-6(9)7-4-3-5-8(7)10-2/h5,7H,3-4H2,1-2H3. The molecule has 0 spiro atoms. The van der Waals surface area contributed by atoms with Crippen LogP contribution in [0.3, 0.4) is 0 Å². The number of hydrogen-bond donors (Lipinski definition) is 0. The highest BCUT2D eigenvalue weighted by molar-refractivity contribution is 5.81. The maximum Gasteiger partial charge on any atom is 0.140 e. The van der Waals surface area contributed by atoms with Gasteiger partial charge in [0.25, 0.3) is 0 Å². The normalized spacial score (nSPS) is 24.2. The molecule has 0 radical (unpaired) electrons. The Morgan fingerprint density at radius 1 is 1.80 bits per heavy atom. The van der Waals surface area contributed by atoms with Gasteiger partial charge < -0.3 is 4.74 Å². The fraction of sp³-hybridized carbons (Fsp3) is 0.625. The Morgan fingerprint density at radius 3 is 2.90 bits per heavy atom. The number of allylic oxidation sites excluding steroid dienone is 2. The lowest BCUT2D eigenvalue weighted by atomic mass is 10.0. The van der Waals surface area contributed by atoms with Crippen molar-refractivity contribution in [3.63, 3.8) is 0 Å². The van der Waals surface area contributed by atoms with Crippen molar-refractivity contribution in [2.24, 2.45) is 5.92 Å². The van der Waals surface area contributed by atoms with Gasteiger partial charge in [0.15, 0.2) is 0 Å². The Labute approximate surface area is 60.9 Å². The van der Waals surface area contributed by atoms with E-state index in [2.05, 4.69) is 0 Å². The SMILES string of the molecule is COC1=CCCC1C(C)=O. The quantitative estimate of drug-likeness (QED) is 0.581. The summed E-state index contributed by atoms with van der Waals surface area (Å²) in [4.78, 5) is 10.9. The lowest BCUT2D eigenvalue weighted by Gasteiger charge is -2.08. The number of carbonyl (C=O) groups excluding carboxylic acids is 1. The van der Waals surface area contributed by atoms with Crippen molar-refractivity contribution in [3.05, 3.63) is 11.8 Å². The van der Waals surface area contributed by atoms with E-state index in [0.29, 0.717) is 0 Å². The van der Waals surface area contributed by atoms with E-state index < -0.39 is 0 Å². The molecule has 0 aromatic rings. The molecule has 2 nitrogen and oxygen atoms in total. The van der Waals surface area contributed by atoms with Crippen LogP contribution in [-0.4, -0.2) is 12.9 Å². The summed E-state index contributed by atoms with van der Waals surface area (Å²) in [5.41, 5.74) is 0. The minimum atomic E-state index is 0.0463. The van der Waals surface area contributed by atoms with E-state index in [9.17, 15) is 4.79 Å². The molecule has 56 valence electrons. The Kier molecular flexibility index (Phi) is 2.10. The molecule has 0 amide bonds. The van der Waals surface area contributed by atoms with Gasteiger partial charge in [-0.2, -0.15) is 0 Å². The maximum atomic E-state index is 10.9. The van der Waals surface area contributed by atoms with E-state index in [1.165, 1.54) is 0 Å². The van der Waals surface area contributed by atoms with Crippen molar-refractivity contribution in [2.75, 3.05) is 7.11 Å². The van der Waals surface area contributed by atoms with E-state index >= 15 is 0 Å². The molecular weight excluding hydrogens is 128 g/mol. The molecule has 1 aliphatic rings. The average molecular weight is 140 g/mol. The van der Waals surface area contributed by atoms with Gasteiger partial charge in [-0.1, -0.05) is 0 Å². The molecule has 1 unspecified atom stereocenters. The molecule has 0 saturated heterocycles. The number of Topliss-reactive ketones (excluding diaryl/α,β-unsaturated/α-hetero) is 1. The van der Waals surface area contributed by atoms with Gasteiger partial charge in [-0.3, -0.25) is 4.79 Å². The highest BCUT2D eigenvalue weighted by Gasteiger charge is 2.23. The van der Waals surface area contributed by atoms with Crippen LogP contribution in [0, 0.1) is 5.92 Å². The molecule has 0 bridgehead atoms. The zero-order valence-corrected chi connectivity index (χ0v) is 6.39. The highest BCUT2D eigenvalue weighted by Crippen LogP contribution is 2.26. The molecular formula is C8H12O2. The van der Waals surface area contributed by atoms with Crippen molar-refractivity contribution in [1.29, 1.82) is 0 Å². The van der Waals surface area contributed by atoms with Crippen LogP contribution in [0.15, 0.2) is 11.8 Å². The number of ether oxygens (including phenoxy) is 1. The van der Waals surface area contributed by atoms with Gasteiger partial charge in [-0.15, -0.1) is 0 Å². The third-order valence-electron chi connectivity index (χ3n) is 1.87. The molecule has 0 saturated carbocycles. The summed E-state index contributed by atoms with van der Waals surface area (Å²) in [5, 5.41) is 0. The van der Waals surface area contributed by atoms with Gasteiger partial charge in [0.2, 0.25) is 0 Å². The number of methoxy groups -OCH3 is 1. The second-order valence-corrected chi connectivity index (χ2v) is 2.55. The van der Waals surface area contributed by atoms with E-state index in [0.717, 1.165) is 18.6 Å². The van der Waals surface area contributed by atoms with Crippen molar-refractivity contribution in [2.45, 2.75) is 19.8 Å². The summed E-state index contributed by atoms with van der Waals surface area (Å²) in [6, 6.07) is 0. The molecule has 1 atom stereocenters. The molecule has 1 aliphatic carbocycles. The Morgan fingerprint density at radius 2 is 2.50 bits per heavy atom. The largest absolute Gasteiger partial charge is 0.501 e. The molecule has 0 aromatic heterocycles. The van der Waals surface area contributed by atoms with Crippen LogP contribution in [-0.2, 0) is 9.53 Å². The smallest absolute Gasteiger partial charge is 0.140 e. The van der Waals surface area contributed by atoms with Crippen LogP contribution in [0.4, 0.5) is 0 Å². The first-order valence-electron chi connectivity index (χ1n) is 3.50. The molecule has 2 heteroatoms. The zero-order valence-electron chi connectivity index (χ0n) is 6.39. The third-order valence-corrected chi connectivity index (χ3v) is 1.87. The predicted molar refractivity (Wildman–Crippen MR) is 38.5 cm³/mol. The third kappa shape index (κ3) is 1.20. The Balaban J connectivity index is 2.63. The average Bonchev–Trinajstić information content (AvgIpc) is 2.33. The molecule has 10 heavy (non-hydrogen) atoms. The number of carbonyl (C=O) groups is 1. The van der Waals surface area contributed by atoms with Crippen molar-refractivity contribution in [3.8, 4) is 0 Å². The number of rotatable bonds is 2. The first-order valence-corrected chi connectivity index (χ1v) is 3.50. The summed E-state index contributed by atoms with van der Waals surface area (Å²) in [7, 11) is 1.62. The summed E-state index contributed by atoms with van der Waals surface area (Å²) >= 11 is 0. The van der Waals surface area contributed by atoms with E-state index in [4.69, 9.17) is 4.74 Å². The highest BCUT2D eigenvalue weighted by atomic mass is 16.5. The topological polar surface area (TPSA) is 26.3 Å². The predicted octanol–water partition coefficient (Wildman–Crippen LogP) is 1.52. The molecule has 0 fully saturated rings. The summed E-state index contributed by atoms with van der Waals surface area (Å²) < 4.78 is 5.03. The van der Waals surface area contributed by atoms with Crippen LogP contribution in [0.1, 0.15) is 19.8 Å². The minimum absolute atomic E-state index is 0.0463. The number of hydrogen-bond acceptors (Lipinski definition) is 2. The van der Waals surface area contributed by atoms with Crippen LogP contribution in [0.25, 0.3) is 0 Å². The van der Waals surface area contributed by atoms with E-state index in [-0.39, 0.29) is 11.7 Å². The lowest BCUT2D eigenvalue weighted by Crippen LogP contribution is -2.10. The van der Waals surface area contributed by atoms with Gasteiger partial charge in [-0.25, -0.2) is 0 Å².